The van der Waals surface area contributed by atoms with Crippen molar-refractivity contribution in [1.82, 2.24) is 19.5 Å². The monoisotopic (exact) mass is 440 g/mol. The van der Waals surface area contributed by atoms with Crippen LogP contribution >= 0.6 is 11.6 Å². The van der Waals surface area contributed by atoms with Crippen LogP contribution in [0.5, 0.6) is 0 Å². The van der Waals surface area contributed by atoms with E-state index in [4.69, 9.17) is 16.3 Å². The van der Waals surface area contributed by atoms with Crippen LogP contribution in [0.25, 0.3) is 0 Å². The van der Waals surface area contributed by atoms with Crippen molar-refractivity contribution < 1.29 is 19.1 Å². The molecular weight excluding hydrogens is 420 g/mol. The van der Waals surface area contributed by atoms with Crippen LogP contribution in [0.15, 0.2) is 98.1 Å². The van der Waals surface area contributed by atoms with E-state index in [2.05, 4.69) is 19.7 Å². The van der Waals surface area contributed by atoms with Gasteiger partial charge in [0.15, 0.2) is 0 Å². The average Bonchev–Trinajstić information content (AvgIpc) is 3.55. The van der Waals surface area contributed by atoms with Gasteiger partial charge >= 0.3 is 11.5 Å². The molecule has 0 amide bonds. The Labute approximate surface area is 184 Å². The fraction of sp³-hybridized carbons (Fsp3) is 0.0909. The zero-order valence-electron chi connectivity index (χ0n) is 16.5. The van der Waals surface area contributed by atoms with Crippen LogP contribution in [0.2, 0.25) is 0 Å². The molecule has 0 saturated carbocycles. The first-order chi connectivity index (χ1) is 15.1. The maximum atomic E-state index is 11.4. The molecule has 8 nitrogen and oxygen atoms in total. The van der Waals surface area contributed by atoms with Gasteiger partial charge in [-0.25, -0.2) is 24.1 Å². The minimum absolute atomic E-state index is 0.239. The predicted molar refractivity (Wildman–Crippen MR) is 115 cm³/mol. The molecule has 0 unspecified atom stereocenters. The van der Waals surface area contributed by atoms with Gasteiger partial charge in [0.05, 0.1) is 6.33 Å². The number of aromatic amines is 1. The standard InChI is InChI=1S/C11H10N2O2.C8H7ClO2.C3H4N2/c14-11(13-7-6-12-9-13)15-8-10-4-2-1-3-5-10;9-8(10)11-6-7-4-2-1-3-5-7;1-2-5-3-4-1/h1-7,9H,8H2;1-5H,6H2;1-3H,(H,4,5). The van der Waals surface area contributed by atoms with Crippen molar-refractivity contribution in [3.8, 4) is 0 Å². The molecule has 1 N–H and O–H groups in total. The molecule has 9 heteroatoms. The van der Waals surface area contributed by atoms with Crippen molar-refractivity contribution in [1.29, 1.82) is 0 Å². The summed E-state index contributed by atoms with van der Waals surface area (Å²) in [6.45, 7) is 0.515. The Balaban J connectivity index is 0.000000186. The molecule has 0 radical (unpaired) electrons. The summed E-state index contributed by atoms with van der Waals surface area (Å²) in [4.78, 5) is 31.7. The van der Waals surface area contributed by atoms with Gasteiger partial charge in [0.1, 0.15) is 19.5 Å². The zero-order valence-corrected chi connectivity index (χ0v) is 17.3. The number of halogens is 1. The van der Waals surface area contributed by atoms with Crippen molar-refractivity contribution in [2.24, 2.45) is 0 Å². The van der Waals surface area contributed by atoms with Gasteiger partial charge in [-0.05, 0) is 11.1 Å². The minimum Gasteiger partial charge on any atom is -0.449 e. The number of hydrogen-bond donors (Lipinski definition) is 1. The predicted octanol–water partition coefficient (Wildman–Crippen LogP) is 5.04. The second-order valence-electron chi connectivity index (χ2n) is 5.78. The average molecular weight is 441 g/mol. The number of H-pyrrole nitrogens is 1. The molecule has 0 bridgehead atoms. The van der Waals surface area contributed by atoms with E-state index >= 15 is 0 Å². The van der Waals surface area contributed by atoms with E-state index in [1.807, 2.05) is 60.7 Å². The highest BCUT2D eigenvalue weighted by Crippen LogP contribution is 2.02. The van der Waals surface area contributed by atoms with Crippen molar-refractivity contribution in [2.75, 3.05) is 0 Å². The molecular formula is C22H21ClN4O4. The summed E-state index contributed by atoms with van der Waals surface area (Å²) in [5, 5.41) is 0. The van der Waals surface area contributed by atoms with E-state index in [0.717, 1.165) is 11.1 Å². The molecule has 4 rings (SSSR count). The fourth-order valence-electron chi connectivity index (χ4n) is 2.09. The quantitative estimate of drug-likeness (QED) is 0.446. The van der Waals surface area contributed by atoms with E-state index in [1.54, 1.807) is 24.9 Å². The minimum atomic E-state index is -0.770. The first-order valence-corrected chi connectivity index (χ1v) is 9.51. The molecule has 2 heterocycles. The molecule has 2 aromatic carbocycles. The van der Waals surface area contributed by atoms with Gasteiger partial charge in [-0.3, -0.25) is 0 Å². The molecule has 0 spiro atoms. The van der Waals surface area contributed by atoms with Gasteiger partial charge in [-0.2, -0.15) is 0 Å². The van der Waals surface area contributed by atoms with E-state index in [0.29, 0.717) is 0 Å². The number of ether oxygens (including phenoxy) is 2. The summed E-state index contributed by atoms with van der Waals surface area (Å²) >= 11 is 4.97. The number of carbonyl (C=O) groups is 2. The van der Waals surface area contributed by atoms with E-state index in [-0.39, 0.29) is 13.2 Å². The lowest BCUT2D eigenvalue weighted by molar-refractivity contribution is 0.141. The Morgan fingerprint density at radius 1 is 0.871 bits per heavy atom. The van der Waals surface area contributed by atoms with Gasteiger partial charge in [0, 0.05) is 36.4 Å². The summed E-state index contributed by atoms with van der Waals surface area (Å²) in [5.41, 5.74) is 1.13. The number of aromatic nitrogens is 4. The normalized spacial score (nSPS) is 9.32. The van der Waals surface area contributed by atoms with Crippen LogP contribution in [-0.4, -0.2) is 31.0 Å². The van der Waals surface area contributed by atoms with Crippen LogP contribution in [0.1, 0.15) is 11.1 Å². The highest BCUT2D eigenvalue weighted by Gasteiger charge is 2.04. The van der Waals surface area contributed by atoms with Gasteiger partial charge in [0.2, 0.25) is 0 Å². The summed E-state index contributed by atoms with van der Waals surface area (Å²) in [6, 6.07) is 18.9. The summed E-state index contributed by atoms with van der Waals surface area (Å²) < 4.78 is 10.9. The number of nitrogens with zero attached hydrogens (tertiary/aromatic N) is 3. The van der Waals surface area contributed by atoms with Crippen LogP contribution < -0.4 is 0 Å². The SMILES string of the molecule is O=C(Cl)OCc1ccccc1.O=C(OCc1ccccc1)n1ccnc1.c1c[nH]cn1. The van der Waals surface area contributed by atoms with Gasteiger partial charge in [-0.15, -0.1) is 0 Å². The lowest BCUT2D eigenvalue weighted by Crippen LogP contribution is -2.11. The molecule has 160 valence electrons. The Hall–Kier alpha value is -3.91. The second kappa shape index (κ2) is 14.1. The van der Waals surface area contributed by atoms with Crippen LogP contribution in [0, 0.1) is 0 Å². The molecule has 0 aliphatic carbocycles. The third kappa shape index (κ3) is 10.4. The molecule has 0 atom stereocenters. The maximum absolute atomic E-state index is 11.4. The topological polar surface area (TPSA) is 99.1 Å². The second-order valence-corrected chi connectivity index (χ2v) is 6.09. The lowest BCUT2D eigenvalue weighted by Gasteiger charge is -2.04. The van der Waals surface area contributed by atoms with Crippen molar-refractivity contribution >= 4 is 23.1 Å². The largest absolute Gasteiger partial charge is 0.449 e. The molecule has 4 aromatic rings. The van der Waals surface area contributed by atoms with Crippen molar-refractivity contribution in [2.45, 2.75) is 13.2 Å². The third-order valence-electron chi connectivity index (χ3n) is 3.52. The first kappa shape index (κ1) is 23.4. The maximum Gasteiger partial charge on any atom is 0.419 e. The highest BCUT2D eigenvalue weighted by atomic mass is 35.5. The first-order valence-electron chi connectivity index (χ1n) is 9.13. The fourth-order valence-corrected chi connectivity index (χ4v) is 2.14. The molecule has 2 aromatic heterocycles. The lowest BCUT2D eigenvalue weighted by atomic mass is 10.2. The van der Waals surface area contributed by atoms with Gasteiger partial charge in [0.25, 0.3) is 0 Å². The smallest absolute Gasteiger partial charge is 0.419 e. The summed E-state index contributed by atoms with van der Waals surface area (Å²) in [7, 11) is 0. The van der Waals surface area contributed by atoms with Crippen molar-refractivity contribution in [3.05, 3.63) is 109 Å². The number of carbonyl (C=O) groups excluding carboxylic acids is 2. The van der Waals surface area contributed by atoms with E-state index < -0.39 is 11.5 Å². The van der Waals surface area contributed by atoms with E-state index in [1.165, 1.54) is 17.1 Å². The van der Waals surface area contributed by atoms with Gasteiger partial charge < -0.3 is 14.5 Å². The Kier molecular flexibility index (Phi) is 10.7. The third-order valence-corrected chi connectivity index (χ3v) is 3.63. The summed E-state index contributed by atoms with van der Waals surface area (Å²) in [6.07, 6.45) is 9.15. The molecule has 0 aliphatic heterocycles. The molecule has 0 saturated heterocycles. The molecule has 0 fully saturated rings. The molecule has 31 heavy (non-hydrogen) atoms. The number of nitrogens with one attached hydrogen (secondary N) is 1. The number of imidazole rings is 2. The van der Waals surface area contributed by atoms with E-state index in [9.17, 15) is 9.59 Å². The number of hydrogen-bond acceptors (Lipinski definition) is 6. The Morgan fingerprint density at radius 3 is 1.90 bits per heavy atom. The highest BCUT2D eigenvalue weighted by molar-refractivity contribution is 6.61. The number of benzene rings is 2. The molecule has 0 aliphatic rings. The number of rotatable bonds is 4. The zero-order chi connectivity index (χ0) is 22.2. The van der Waals surface area contributed by atoms with Crippen molar-refractivity contribution in [3.63, 3.8) is 0 Å². The Bertz CT molecular complexity index is 962. The summed E-state index contributed by atoms with van der Waals surface area (Å²) in [5.74, 6) is 0. The van der Waals surface area contributed by atoms with Gasteiger partial charge in [-0.1, -0.05) is 60.7 Å². The van der Waals surface area contributed by atoms with Crippen LogP contribution in [0.4, 0.5) is 9.59 Å². The van der Waals surface area contributed by atoms with Crippen LogP contribution in [0.3, 0.4) is 0 Å². The van der Waals surface area contributed by atoms with Crippen LogP contribution in [-0.2, 0) is 22.7 Å². The Morgan fingerprint density at radius 2 is 1.48 bits per heavy atom.